The summed E-state index contributed by atoms with van der Waals surface area (Å²) >= 11 is 0. The maximum absolute atomic E-state index is 12.0. The first-order chi connectivity index (χ1) is 8.60. The maximum atomic E-state index is 12.0. The van der Waals surface area contributed by atoms with Gasteiger partial charge in [-0.15, -0.1) is 0 Å². The lowest BCUT2D eigenvalue weighted by molar-refractivity contribution is 0.311. The van der Waals surface area contributed by atoms with Gasteiger partial charge in [-0.25, -0.2) is 4.79 Å². The number of aromatic amines is 1. The van der Waals surface area contributed by atoms with Gasteiger partial charge in [0.2, 0.25) is 5.95 Å². The molecule has 0 aliphatic carbocycles. The second-order valence-corrected chi connectivity index (χ2v) is 3.83. The van der Waals surface area contributed by atoms with E-state index < -0.39 is 5.69 Å². The minimum absolute atomic E-state index is 0.0465. The highest BCUT2D eigenvalue weighted by molar-refractivity contribution is 5.72. The van der Waals surface area contributed by atoms with Gasteiger partial charge in [0.25, 0.3) is 5.56 Å². The Bertz CT molecular complexity index is 681. The van der Waals surface area contributed by atoms with E-state index in [1.165, 1.54) is 4.57 Å². The zero-order chi connectivity index (χ0) is 13.3. The van der Waals surface area contributed by atoms with E-state index in [0.717, 1.165) is 4.57 Å². The summed E-state index contributed by atoms with van der Waals surface area (Å²) in [5.41, 5.74) is -0.204. The number of H-pyrrole nitrogens is 1. The van der Waals surface area contributed by atoms with Gasteiger partial charge in [-0.1, -0.05) is 0 Å². The number of aliphatic hydroxyl groups excluding tert-OH is 1. The Labute approximate surface area is 102 Å². The highest BCUT2D eigenvalue weighted by Crippen LogP contribution is 2.07. The normalized spacial score (nSPS) is 11.1. The number of anilines is 1. The van der Waals surface area contributed by atoms with Crippen LogP contribution in [0.2, 0.25) is 0 Å². The first-order valence-electron chi connectivity index (χ1n) is 5.64. The monoisotopic (exact) mass is 253 g/mol. The molecular formula is C10H15N5O3. The van der Waals surface area contributed by atoms with Crippen LogP contribution in [0, 0.1) is 0 Å². The maximum Gasteiger partial charge on any atom is 0.332 e. The van der Waals surface area contributed by atoms with Crippen LogP contribution < -0.4 is 16.6 Å². The topological polar surface area (TPSA) is 105 Å². The van der Waals surface area contributed by atoms with Crippen LogP contribution in [0.25, 0.3) is 11.2 Å². The van der Waals surface area contributed by atoms with E-state index in [1.54, 1.807) is 14.0 Å². The number of fused-ring (bicyclic) bond motifs is 1. The van der Waals surface area contributed by atoms with Gasteiger partial charge in [0.15, 0.2) is 11.2 Å². The lowest BCUT2D eigenvalue weighted by Gasteiger charge is -2.03. The quantitative estimate of drug-likeness (QED) is 0.638. The minimum atomic E-state index is -0.393. The Morgan fingerprint density at radius 2 is 2.17 bits per heavy atom. The first-order valence-corrected chi connectivity index (χ1v) is 5.64. The summed E-state index contributed by atoms with van der Waals surface area (Å²) in [5.74, 6) is 0.361. The van der Waals surface area contributed by atoms with Crippen molar-refractivity contribution >= 4 is 17.1 Å². The molecule has 0 amide bonds. The Balaban J connectivity index is 2.69. The molecule has 2 aromatic rings. The summed E-state index contributed by atoms with van der Waals surface area (Å²) in [4.78, 5) is 30.8. The highest BCUT2D eigenvalue weighted by Gasteiger charge is 2.13. The van der Waals surface area contributed by atoms with Gasteiger partial charge in [-0.2, -0.15) is 4.98 Å². The van der Waals surface area contributed by atoms with E-state index in [9.17, 15) is 9.59 Å². The van der Waals surface area contributed by atoms with Crippen molar-refractivity contribution in [2.75, 3.05) is 18.5 Å². The molecule has 8 heteroatoms. The van der Waals surface area contributed by atoms with Gasteiger partial charge in [0.1, 0.15) is 0 Å². The molecule has 0 fully saturated rings. The number of aliphatic hydroxyl groups is 1. The number of nitrogens with one attached hydrogen (secondary N) is 2. The lowest BCUT2D eigenvalue weighted by atomic mass is 10.5. The second kappa shape index (κ2) is 4.65. The molecule has 0 aromatic carbocycles. The fourth-order valence-corrected chi connectivity index (χ4v) is 1.79. The minimum Gasteiger partial charge on any atom is -0.395 e. The van der Waals surface area contributed by atoms with E-state index in [1.807, 2.05) is 0 Å². The molecule has 3 N–H and O–H groups in total. The number of hydrogen-bond donors (Lipinski definition) is 3. The van der Waals surface area contributed by atoms with Gasteiger partial charge in [-0.3, -0.25) is 13.9 Å². The van der Waals surface area contributed by atoms with Crippen molar-refractivity contribution < 1.29 is 5.11 Å². The fraction of sp³-hybridized carbons (Fsp3) is 0.500. The van der Waals surface area contributed by atoms with Gasteiger partial charge < -0.3 is 15.4 Å². The standard InChI is InChI=1S/C10H15N5O3/c1-3-15-8(17)6-7(14(2)10(15)18)13-9(12-6)11-4-5-16/h16H,3-5H2,1-2H3,(H2,11,12,13). The van der Waals surface area contributed by atoms with Crippen LogP contribution in [0.3, 0.4) is 0 Å². The molecule has 0 aliphatic heterocycles. The Kier molecular flexibility index (Phi) is 3.19. The van der Waals surface area contributed by atoms with Gasteiger partial charge in [0.05, 0.1) is 6.61 Å². The van der Waals surface area contributed by atoms with Gasteiger partial charge in [-0.05, 0) is 6.92 Å². The van der Waals surface area contributed by atoms with Crippen LogP contribution in [0.4, 0.5) is 5.95 Å². The third-order valence-corrected chi connectivity index (χ3v) is 2.70. The molecule has 0 saturated carbocycles. The van der Waals surface area contributed by atoms with Crippen molar-refractivity contribution in [3.63, 3.8) is 0 Å². The number of hydrogen-bond acceptors (Lipinski definition) is 5. The van der Waals surface area contributed by atoms with Gasteiger partial charge in [0, 0.05) is 20.1 Å². The third-order valence-electron chi connectivity index (χ3n) is 2.70. The van der Waals surface area contributed by atoms with E-state index in [2.05, 4.69) is 15.3 Å². The smallest absolute Gasteiger partial charge is 0.332 e. The molecule has 2 rings (SSSR count). The van der Waals surface area contributed by atoms with Crippen LogP contribution in [0.5, 0.6) is 0 Å². The van der Waals surface area contributed by atoms with Crippen LogP contribution in [-0.2, 0) is 13.6 Å². The molecule has 8 nitrogen and oxygen atoms in total. The Morgan fingerprint density at radius 3 is 2.78 bits per heavy atom. The van der Waals surface area contributed by atoms with Crippen molar-refractivity contribution in [1.82, 2.24) is 19.1 Å². The molecule has 0 atom stereocenters. The molecule has 0 spiro atoms. The van der Waals surface area contributed by atoms with Gasteiger partial charge >= 0.3 is 5.69 Å². The molecule has 0 bridgehead atoms. The molecule has 2 heterocycles. The average molecular weight is 253 g/mol. The van der Waals surface area contributed by atoms with Crippen molar-refractivity contribution in [2.45, 2.75) is 13.5 Å². The SMILES string of the molecule is CCn1c(=O)c2[nH]c(NCCO)nc2n(C)c1=O. The Morgan fingerprint density at radius 1 is 1.44 bits per heavy atom. The molecule has 0 aliphatic rings. The first kappa shape index (κ1) is 12.4. The largest absolute Gasteiger partial charge is 0.395 e. The van der Waals surface area contributed by atoms with Crippen molar-refractivity contribution in [1.29, 1.82) is 0 Å². The zero-order valence-electron chi connectivity index (χ0n) is 10.2. The summed E-state index contributed by atoms with van der Waals surface area (Å²) in [7, 11) is 1.56. The number of nitrogens with zero attached hydrogens (tertiary/aromatic N) is 3. The average Bonchev–Trinajstić information content (AvgIpc) is 2.79. The predicted octanol–water partition coefficient (Wildman–Crippen LogP) is -1.15. The van der Waals surface area contributed by atoms with E-state index in [4.69, 9.17) is 5.11 Å². The molecule has 98 valence electrons. The molecule has 18 heavy (non-hydrogen) atoms. The fourth-order valence-electron chi connectivity index (χ4n) is 1.79. The number of aryl methyl sites for hydroxylation is 1. The van der Waals surface area contributed by atoms with Crippen LogP contribution in [0.1, 0.15) is 6.92 Å². The zero-order valence-corrected chi connectivity index (χ0v) is 10.2. The van der Waals surface area contributed by atoms with E-state index in [-0.39, 0.29) is 17.7 Å². The highest BCUT2D eigenvalue weighted by atomic mass is 16.3. The van der Waals surface area contributed by atoms with E-state index in [0.29, 0.717) is 24.7 Å². The molecule has 0 unspecified atom stereocenters. The summed E-state index contributed by atoms with van der Waals surface area (Å²) < 4.78 is 2.46. The number of rotatable bonds is 4. The molecule has 2 aromatic heterocycles. The predicted molar refractivity (Wildman–Crippen MR) is 66.8 cm³/mol. The summed E-state index contributed by atoms with van der Waals surface area (Å²) in [6.45, 7) is 2.31. The summed E-state index contributed by atoms with van der Waals surface area (Å²) in [6.07, 6.45) is 0. The van der Waals surface area contributed by atoms with Crippen LogP contribution >= 0.6 is 0 Å². The summed E-state index contributed by atoms with van der Waals surface area (Å²) in [6, 6.07) is 0. The van der Waals surface area contributed by atoms with Crippen molar-refractivity contribution in [3.8, 4) is 0 Å². The number of imidazole rings is 1. The van der Waals surface area contributed by atoms with Crippen molar-refractivity contribution in [3.05, 3.63) is 20.8 Å². The summed E-state index contributed by atoms with van der Waals surface area (Å²) in [5, 5.41) is 11.5. The lowest BCUT2D eigenvalue weighted by Crippen LogP contribution is -2.38. The second-order valence-electron chi connectivity index (χ2n) is 3.83. The number of aromatic nitrogens is 4. The van der Waals surface area contributed by atoms with E-state index >= 15 is 0 Å². The third kappa shape index (κ3) is 1.80. The Hall–Kier alpha value is -2.09. The van der Waals surface area contributed by atoms with Crippen LogP contribution in [-0.4, -0.2) is 37.4 Å². The van der Waals surface area contributed by atoms with Crippen LogP contribution in [0.15, 0.2) is 9.59 Å². The van der Waals surface area contributed by atoms with Crippen molar-refractivity contribution in [2.24, 2.45) is 7.05 Å². The molecule has 0 radical (unpaired) electrons. The molecule has 0 saturated heterocycles. The molecular weight excluding hydrogens is 238 g/mol.